The molecule has 0 saturated heterocycles. The van der Waals surface area contributed by atoms with Gasteiger partial charge in [0.1, 0.15) is 18.1 Å². The van der Waals surface area contributed by atoms with Crippen LogP contribution in [0.15, 0.2) is 46.5 Å². The second kappa shape index (κ2) is 4.89. The van der Waals surface area contributed by atoms with Crippen molar-refractivity contribution < 1.29 is 9.21 Å². The molecular weight excluding hydrogens is 286 g/mol. The molecule has 0 aliphatic carbocycles. The number of nitrogens with zero attached hydrogens (tertiary/aromatic N) is 2. The van der Waals surface area contributed by atoms with Gasteiger partial charge in [0.15, 0.2) is 0 Å². The van der Waals surface area contributed by atoms with Gasteiger partial charge in [0.05, 0.1) is 12.5 Å². The quantitative estimate of drug-likeness (QED) is 0.808. The zero-order valence-corrected chi connectivity index (χ0v) is 12.0. The van der Waals surface area contributed by atoms with Crippen molar-refractivity contribution in [2.75, 3.05) is 5.32 Å². The summed E-state index contributed by atoms with van der Waals surface area (Å²) < 4.78 is 7.14. The highest BCUT2D eigenvalue weighted by Crippen LogP contribution is 2.38. The number of hydrogen-bond donors (Lipinski definition) is 1. The Morgan fingerprint density at radius 1 is 1.43 bits per heavy atom. The smallest absolute Gasteiger partial charge is 0.226 e. The van der Waals surface area contributed by atoms with E-state index in [2.05, 4.69) is 16.5 Å². The number of thiophene rings is 1. The van der Waals surface area contributed by atoms with Crippen LogP contribution in [0.2, 0.25) is 0 Å². The summed E-state index contributed by atoms with van der Waals surface area (Å²) in [6, 6.07) is 7.83. The third kappa shape index (κ3) is 2.17. The molecule has 1 amide bonds. The van der Waals surface area contributed by atoms with Gasteiger partial charge in [-0.2, -0.15) is 5.10 Å². The van der Waals surface area contributed by atoms with Crippen LogP contribution in [0.3, 0.4) is 0 Å². The maximum atomic E-state index is 12.0. The van der Waals surface area contributed by atoms with Crippen molar-refractivity contribution in [3.05, 3.63) is 58.3 Å². The van der Waals surface area contributed by atoms with Crippen LogP contribution < -0.4 is 5.32 Å². The third-order valence-electron chi connectivity index (χ3n) is 3.66. The van der Waals surface area contributed by atoms with E-state index in [0.717, 1.165) is 17.1 Å². The van der Waals surface area contributed by atoms with E-state index in [1.807, 2.05) is 29.8 Å². The number of rotatable bonds is 3. The van der Waals surface area contributed by atoms with Gasteiger partial charge in [0.2, 0.25) is 5.91 Å². The second-order valence-corrected chi connectivity index (χ2v) is 5.99. The molecule has 1 aliphatic rings. The van der Waals surface area contributed by atoms with E-state index in [0.29, 0.717) is 13.0 Å². The number of carbonyl (C=O) groups excluding carboxylic acids is 1. The second-order valence-electron chi connectivity index (χ2n) is 5.01. The molecule has 0 radical (unpaired) electrons. The van der Waals surface area contributed by atoms with Gasteiger partial charge in [-0.15, -0.1) is 11.3 Å². The minimum absolute atomic E-state index is 0.0297. The predicted molar refractivity (Wildman–Crippen MR) is 79.4 cm³/mol. The van der Waals surface area contributed by atoms with Gasteiger partial charge in [-0.05, 0) is 23.6 Å². The van der Waals surface area contributed by atoms with Crippen LogP contribution in [0.5, 0.6) is 0 Å². The van der Waals surface area contributed by atoms with Crippen LogP contribution in [0.4, 0.5) is 5.82 Å². The Kier molecular flexibility index (Phi) is 2.89. The first kappa shape index (κ1) is 12.4. The van der Waals surface area contributed by atoms with Gasteiger partial charge in [-0.25, -0.2) is 4.68 Å². The highest BCUT2D eigenvalue weighted by Gasteiger charge is 2.30. The molecule has 1 aliphatic heterocycles. The van der Waals surface area contributed by atoms with Crippen LogP contribution in [-0.4, -0.2) is 15.7 Å². The van der Waals surface area contributed by atoms with Crippen LogP contribution in [0.25, 0.3) is 0 Å². The number of hydrogen-bond acceptors (Lipinski definition) is 4. The molecule has 1 unspecified atom stereocenters. The third-order valence-corrected chi connectivity index (χ3v) is 4.65. The van der Waals surface area contributed by atoms with Crippen molar-refractivity contribution in [3.8, 4) is 0 Å². The zero-order valence-electron chi connectivity index (χ0n) is 11.2. The summed E-state index contributed by atoms with van der Waals surface area (Å²) in [5.41, 5.74) is 1.07. The number of anilines is 1. The van der Waals surface area contributed by atoms with Gasteiger partial charge in [-0.3, -0.25) is 4.79 Å². The first-order chi connectivity index (χ1) is 10.3. The molecule has 6 heteroatoms. The Hall–Kier alpha value is -2.34. The molecule has 0 bridgehead atoms. The SMILES string of the molecule is O=C1CC(c2cccs2)c2cnn(Cc3ccco3)c2N1. The van der Waals surface area contributed by atoms with Crippen LogP contribution in [0.1, 0.15) is 28.5 Å². The fourth-order valence-electron chi connectivity index (χ4n) is 2.68. The fraction of sp³-hybridized carbons (Fsp3) is 0.200. The summed E-state index contributed by atoms with van der Waals surface area (Å²) in [7, 11) is 0. The minimum Gasteiger partial charge on any atom is -0.467 e. The predicted octanol–water partition coefficient (Wildman–Crippen LogP) is 3.06. The van der Waals surface area contributed by atoms with Gasteiger partial charge in [0, 0.05) is 22.8 Å². The lowest BCUT2D eigenvalue weighted by molar-refractivity contribution is -0.116. The molecule has 21 heavy (non-hydrogen) atoms. The Bertz CT molecular complexity index is 759. The molecule has 1 atom stereocenters. The minimum atomic E-state index is 0.0297. The molecule has 0 aromatic carbocycles. The summed E-state index contributed by atoms with van der Waals surface area (Å²) in [6.45, 7) is 0.514. The summed E-state index contributed by atoms with van der Waals surface area (Å²) in [6.07, 6.45) is 3.96. The average Bonchev–Trinajstić information content (AvgIpc) is 3.20. The molecule has 3 aromatic rings. The van der Waals surface area contributed by atoms with Gasteiger partial charge in [-0.1, -0.05) is 6.07 Å². The molecule has 1 N–H and O–H groups in total. The first-order valence-electron chi connectivity index (χ1n) is 6.72. The number of aromatic nitrogens is 2. The Morgan fingerprint density at radius 2 is 2.38 bits per heavy atom. The van der Waals surface area contributed by atoms with Crippen molar-refractivity contribution in [2.45, 2.75) is 18.9 Å². The molecule has 4 heterocycles. The lowest BCUT2D eigenvalue weighted by Gasteiger charge is -2.22. The monoisotopic (exact) mass is 299 g/mol. The van der Waals surface area contributed by atoms with E-state index >= 15 is 0 Å². The highest BCUT2D eigenvalue weighted by molar-refractivity contribution is 7.10. The Labute approximate surface area is 125 Å². The summed E-state index contributed by atoms with van der Waals surface area (Å²) in [5.74, 6) is 1.72. The van der Waals surface area contributed by atoms with E-state index in [9.17, 15) is 4.79 Å². The zero-order chi connectivity index (χ0) is 14.2. The summed E-state index contributed by atoms with van der Waals surface area (Å²) in [4.78, 5) is 13.2. The lowest BCUT2D eigenvalue weighted by Crippen LogP contribution is -2.24. The number of nitrogens with one attached hydrogen (secondary N) is 1. The van der Waals surface area contributed by atoms with Crippen molar-refractivity contribution in [2.24, 2.45) is 0 Å². The van der Waals surface area contributed by atoms with E-state index in [-0.39, 0.29) is 11.8 Å². The first-order valence-corrected chi connectivity index (χ1v) is 7.60. The average molecular weight is 299 g/mol. The van der Waals surface area contributed by atoms with Gasteiger partial charge >= 0.3 is 0 Å². The van der Waals surface area contributed by atoms with E-state index in [1.54, 1.807) is 22.3 Å². The van der Waals surface area contributed by atoms with Gasteiger partial charge < -0.3 is 9.73 Å². The Morgan fingerprint density at radius 3 is 3.14 bits per heavy atom. The highest BCUT2D eigenvalue weighted by atomic mass is 32.1. The number of amides is 1. The molecule has 5 nitrogen and oxygen atoms in total. The van der Waals surface area contributed by atoms with E-state index in [1.165, 1.54) is 4.88 Å². The van der Waals surface area contributed by atoms with Crippen LogP contribution in [-0.2, 0) is 11.3 Å². The van der Waals surface area contributed by atoms with Crippen molar-refractivity contribution in [1.29, 1.82) is 0 Å². The van der Waals surface area contributed by atoms with Crippen molar-refractivity contribution >= 4 is 23.1 Å². The van der Waals surface area contributed by atoms with Crippen LogP contribution in [0, 0.1) is 0 Å². The summed E-state index contributed by atoms with van der Waals surface area (Å²) in [5, 5.41) is 9.39. The van der Waals surface area contributed by atoms with E-state index < -0.39 is 0 Å². The summed E-state index contributed by atoms with van der Waals surface area (Å²) >= 11 is 1.67. The van der Waals surface area contributed by atoms with E-state index in [4.69, 9.17) is 4.42 Å². The largest absolute Gasteiger partial charge is 0.467 e. The van der Waals surface area contributed by atoms with Crippen LogP contribution >= 0.6 is 11.3 Å². The van der Waals surface area contributed by atoms with Crippen molar-refractivity contribution in [1.82, 2.24) is 9.78 Å². The number of fused-ring (bicyclic) bond motifs is 1. The molecule has 3 aromatic heterocycles. The molecular formula is C15H13N3O2S. The lowest BCUT2D eigenvalue weighted by atomic mass is 9.93. The Balaban J connectivity index is 1.73. The molecule has 0 spiro atoms. The van der Waals surface area contributed by atoms with Crippen molar-refractivity contribution in [3.63, 3.8) is 0 Å². The van der Waals surface area contributed by atoms with Gasteiger partial charge in [0.25, 0.3) is 0 Å². The fourth-order valence-corrected chi connectivity index (χ4v) is 3.53. The maximum Gasteiger partial charge on any atom is 0.226 e. The molecule has 4 rings (SSSR count). The molecule has 0 fully saturated rings. The standard InChI is InChI=1S/C15H13N3O2S/c19-14-7-11(13-4-2-6-21-13)12-8-16-18(15(12)17-14)9-10-3-1-5-20-10/h1-6,8,11H,7,9H2,(H,17,19). The number of furan rings is 1. The number of carbonyl (C=O) groups is 1. The topological polar surface area (TPSA) is 60.1 Å². The maximum absolute atomic E-state index is 12.0. The normalized spacial score (nSPS) is 17.5. The molecule has 106 valence electrons. The molecule has 0 saturated carbocycles.